The van der Waals surface area contributed by atoms with Crippen molar-refractivity contribution in [3.63, 3.8) is 0 Å². The summed E-state index contributed by atoms with van der Waals surface area (Å²) in [5.41, 5.74) is 2.90. The highest BCUT2D eigenvalue weighted by atomic mass is 32.2. The minimum Gasteiger partial charge on any atom is -0.463 e. The molecule has 1 heterocycles. The first-order valence-corrected chi connectivity index (χ1v) is 9.89. The highest BCUT2D eigenvalue weighted by Gasteiger charge is 2.29. The van der Waals surface area contributed by atoms with E-state index < -0.39 is 18.0 Å². The van der Waals surface area contributed by atoms with E-state index in [4.69, 9.17) is 9.47 Å². The van der Waals surface area contributed by atoms with E-state index in [1.54, 1.807) is 18.7 Å². The number of anilines is 2. The van der Waals surface area contributed by atoms with Gasteiger partial charge in [-0.3, -0.25) is 4.79 Å². The molecule has 1 aliphatic rings. The molecule has 5 nitrogen and oxygen atoms in total. The zero-order valence-corrected chi connectivity index (χ0v) is 16.5. The van der Waals surface area contributed by atoms with Crippen molar-refractivity contribution in [3.05, 3.63) is 48.0 Å². The van der Waals surface area contributed by atoms with Gasteiger partial charge in [0.15, 0.2) is 0 Å². The molecule has 0 amide bonds. The molecule has 6 heteroatoms. The van der Waals surface area contributed by atoms with E-state index in [1.807, 2.05) is 30.3 Å². The summed E-state index contributed by atoms with van der Waals surface area (Å²) in [4.78, 5) is 28.3. The Morgan fingerprint density at radius 3 is 2.52 bits per heavy atom. The maximum atomic E-state index is 12.3. The fourth-order valence-electron chi connectivity index (χ4n) is 3.11. The molecule has 2 aromatic carbocycles. The van der Waals surface area contributed by atoms with Crippen LogP contribution in [0.1, 0.15) is 38.9 Å². The number of para-hydroxylation sites is 1. The SMILES string of the molecule is CCCN1c2ccccc2Sc2cc([C@@H](OC(C)=O)C(=O)OCC)ccc21. The Morgan fingerprint density at radius 1 is 1.07 bits per heavy atom. The zero-order chi connectivity index (χ0) is 19.4. The molecular formula is C21H23NO4S. The second-order valence-corrected chi connectivity index (χ2v) is 7.27. The standard InChI is InChI=1S/C21H23NO4S/c1-4-12-22-16-8-6-7-9-18(16)27-19-13-15(10-11-17(19)22)20(26-14(3)23)21(24)25-5-2/h6-11,13,20H,4-5,12H2,1-3H3/t20-/m1/s1. The molecule has 0 aromatic heterocycles. The van der Waals surface area contributed by atoms with E-state index in [0.29, 0.717) is 5.56 Å². The average Bonchev–Trinajstić information content (AvgIpc) is 2.65. The third-order valence-corrected chi connectivity index (χ3v) is 5.30. The first-order valence-electron chi connectivity index (χ1n) is 9.07. The van der Waals surface area contributed by atoms with Crippen LogP contribution in [-0.4, -0.2) is 25.1 Å². The van der Waals surface area contributed by atoms with Crippen molar-refractivity contribution in [1.29, 1.82) is 0 Å². The molecule has 27 heavy (non-hydrogen) atoms. The summed E-state index contributed by atoms with van der Waals surface area (Å²) in [6.07, 6.45) is -0.0378. The molecular weight excluding hydrogens is 362 g/mol. The van der Waals surface area contributed by atoms with Crippen molar-refractivity contribution in [2.75, 3.05) is 18.1 Å². The van der Waals surface area contributed by atoms with Crippen molar-refractivity contribution in [1.82, 2.24) is 0 Å². The van der Waals surface area contributed by atoms with E-state index in [1.165, 1.54) is 12.6 Å². The van der Waals surface area contributed by atoms with Gasteiger partial charge in [0.2, 0.25) is 6.10 Å². The first-order chi connectivity index (χ1) is 13.0. The summed E-state index contributed by atoms with van der Waals surface area (Å²) in [5, 5.41) is 0. The van der Waals surface area contributed by atoms with Crippen LogP contribution in [-0.2, 0) is 19.1 Å². The number of carbonyl (C=O) groups is 2. The molecule has 2 aromatic rings. The van der Waals surface area contributed by atoms with Gasteiger partial charge in [0, 0.05) is 28.8 Å². The molecule has 0 unspecified atom stereocenters. The highest BCUT2D eigenvalue weighted by Crippen LogP contribution is 2.48. The van der Waals surface area contributed by atoms with Gasteiger partial charge in [0.25, 0.3) is 0 Å². The van der Waals surface area contributed by atoms with Crippen molar-refractivity contribution in [2.24, 2.45) is 0 Å². The Labute approximate surface area is 163 Å². The van der Waals surface area contributed by atoms with Crippen LogP contribution in [0.5, 0.6) is 0 Å². The van der Waals surface area contributed by atoms with Crippen LogP contribution < -0.4 is 4.90 Å². The topological polar surface area (TPSA) is 55.8 Å². The minimum absolute atomic E-state index is 0.230. The Morgan fingerprint density at radius 2 is 1.81 bits per heavy atom. The lowest BCUT2D eigenvalue weighted by atomic mass is 10.1. The van der Waals surface area contributed by atoms with Gasteiger partial charge in [-0.2, -0.15) is 0 Å². The van der Waals surface area contributed by atoms with Crippen LogP contribution in [0.25, 0.3) is 0 Å². The number of ether oxygens (including phenoxy) is 2. The van der Waals surface area contributed by atoms with Gasteiger partial charge in [-0.25, -0.2) is 4.79 Å². The zero-order valence-electron chi connectivity index (χ0n) is 15.7. The Balaban J connectivity index is 2.00. The van der Waals surface area contributed by atoms with Gasteiger partial charge in [0.1, 0.15) is 0 Å². The average molecular weight is 385 g/mol. The van der Waals surface area contributed by atoms with E-state index in [-0.39, 0.29) is 6.61 Å². The minimum atomic E-state index is -1.05. The van der Waals surface area contributed by atoms with Gasteiger partial charge in [-0.05, 0) is 37.6 Å². The quantitative estimate of drug-likeness (QED) is 0.662. The summed E-state index contributed by atoms with van der Waals surface area (Å²) in [6.45, 7) is 6.29. The molecule has 142 valence electrons. The number of hydrogen-bond acceptors (Lipinski definition) is 6. The smallest absolute Gasteiger partial charge is 0.352 e. The van der Waals surface area contributed by atoms with Crippen molar-refractivity contribution in [3.8, 4) is 0 Å². The lowest BCUT2D eigenvalue weighted by Crippen LogP contribution is -2.23. The van der Waals surface area contributed by atoms with Gasteiger partial charge in [-0.15, -0.1) is 0 Å². The molecule has 0 spiro atoms. The molecule has 0 fully saturated rings. The molecule has 0 saturated heterocycles. The molecule has 0 radical (unpaired) electrons. The van der Waals surface area contributed by atoms with Crippen LogP contribution in [0.4, 0.5) is 11.4 Å². The summed E-state index contributed by atoms with van der Waals surface area (Å²) in [6, 6.07) is 14.0. The number of carbonyl (C=O) groups excluding carboxylic acids is 2. The van der Waals surface area contributed by atoms with Crippen LogP contribution in [0.15, 0.2) is 52.3 Å². The summed E-state index contributed by atoms with van der Waals surface area (Å²) < 4.78 is 10.3. The van der Waals surface area contributed by atoms with E-state index in [9.17, 15) is 9.59 Å². The predicted molar refractivity (Wildman–Crippen MR) is 105 cm³/mol. The maximum absolute atomic E-state index is 12.3. The Hall–Kier alpha value is -2.47. The normalized spacial score (nSPS) is 13.4. The van der Waals surface area contributed by atoms with Crippen LogP contribution >= 0.6 is 11.8 Å². The molecule has 0 saturated carbocycles. The predicted octanol–water partition coefficient (Wildman–Crippen LogP) is 4.87. The molecule has 0 N–H and O–H groups in total. The molecule has 1 aliphatic heterocycles. The molecule has 0 bridgehead atoms. The lowest BCUT2D eigenvalue weighted by molar-refractivity contribution is -0.167. The highest BCUT2D eigenvalue weighted by molar-refractivity contribution is 7.99. The van der Waals surface area contributed by atoms with Gasteiger partial charge < -0.3 is 14.4 Å². The van der Waals surface area contributed by atoms with Gasteiger partial charge in [0.05, 0.1) is 18.0 Å². The number of rotatable bonds is 6. The van der Waals surface area contributed by atoms with Crippen LogP contribution in [0, 0.1) is 0 Å². The number of fused-ring (bicyclic) bond motifs is 2. The molecule has 1 atom stereocenters. The van der Waals surface area contributed by atoms with E-state index >= 15 is 0 Å². The third kappa shape index (κ3) is 4.11. The van der Waals surface area contributed by atoms with Crippen LogP contribution in [0.3, 0.4) is 0 Å². The monoisotopic (exact) mass is 385 g/mol. The van der Waals surface area contributed by atoms with Crippen molar-refractivity contribution in [2.45, 2.75) is 43.1 Å². The fourth-order valence-corrected chi connectivity index (χ4v) is 4.26. The summed E-state index contributed by atoms with van der Waals surface area (Å²) in [5.74, 6) is -1.07. The van der Waals surface area contributed by atoms with E-state index in [2.05, 4.69) is 24.0 Å². The van der Waals surface area contributed by atoms with Crippen LogP contribution in [0.2, 0.25) is 0 Å². The van der Waals surface area contributed by atoms with Gasteiger partial charge in [-0.1, -0.05) is 36.9 Å². The van der Waals surface area contributed by atoms with Crippen molar-refractivity contribution < 1.29 is 19.1 Å². The number of benzene rings is 2. The number of esters is 2. The van der Waals surface area contributed by atoms with E-state index in [0.717, 1.165) is 28.4 Å². The Kier molecular flexibility index (Phi) is 6.06. The number of hydrogen-bond donors (Lipinski definition) is 0. The second-order valence-electron chi connectivity index (χ2n) is 6.19. The Bertz CT molecular complexity index is 852. The van der Waals surface area contributed by atoms with Gasteiger partial charge >= 0.3 is 11.9 Å². The molecule has 3 rings (SSSR count). The second kappa shape index (κ2) is 8.48. The largest absolute Gasteiger partial charge is 0.463 e. The fraction of sp³-hybridized carbons (Fsp3) is 0.333. The number of nitrogens with zero attached hydrogens (tertiary/aromatic N) is 1. The first kappa shape index (κ1) is 19.3. The van der Waals surface area contributed by atoms with Crippen molar-refractivity contribution >= 4 is 35.1 Å². The summed E-state index contributed by atoms with van der Waals surface area (Å²) >= 11 is 1.65. The third-order valence-electron chi connectivity index (χ3n) is 4.19. The summed E-state index contributed by atoms with van der Waals surface area (Å²) in [7, 11) is 0. The lowest BCUT2D eigenvalue weighted by Gasteiger charge is -2.33. The molecule has 0 aliphatic carbocycles. The maximum Gasteiger partial charge on any atom is 0.352 e.